The smallest absolute Gasteiger partial charge is 0.251 e. The molecule has 2 N–H and O–H groups in total. The van der Waals surface area contributed by atoms with Crippen molar-refractivity contribution in [1.29, 1.82) is 0 Å². The van der Waals surface area contributed by atoms with Crippen LogP contribution in [-0.4, -0.2) is 46.2 Å². The molecule has 0 saturated carbocycles. The number of hydrogen-bond acceptors (Lipinski definition) is 4. The lowest BCUT2D eigenvalue weighted by Crippen LogP contribution is -2.43. The molecule has 1 amide bonds. The average Bonchev–Trinajstić information content (AvgIpc) is 3.43. The summed E-state index contributed by atoms with van der Waals surface area (Å²) in [6, 6.07) is 22.6. The van der Waals surface area contributed by atoms with Gasteiger partial charge in [0.1, 0.15) is 11.9 Å². The molecule has 6 rings (SSSR count). The summed E-state index contributed by atoms with van der Waals surface area (Å²) in [4.78, 5) is 15.9. The minimum atomic E-state index is -0.196. The van der Waals surface area contributed by atoms with E-state index in [0.717, 1.165) is 46.3 Å². The van der Waals surface area contributed by atoms with Crippen LogP contribution in [0.4, 0.5) is 0 Å². The number of nitrogens with one attached hydrogen (secondary N) is 2. The number of piperidine rings is 1. The molecule has 3 heterocycles. The van der Waals surface area contributed by atoms with E-state index in [1.54, 1.807) is 0 Å². The molecule has 3 aromatic carbocycles. The van der Waals surface area contributed by atoms with Crippen molar-refractivity contribution >= 4 is 28.4 Å². The molecule has 0 aliphatic carbocycles. The van der Waals surface area contributed by atoms with Crippen molar-refractivity contribution in [1.82, 2.24) is 20.4 Å². The van der Waals surface area contributed by atoms with E-state index in [1.807, 2.05) is 66.7 Å². The molecule has 4 atom stereocenters. The summed E-state index contributed by atoms with van der Waals surface area (Å²) >= 11 is 6.46. The number of ether oxygens (including phenoxy) is 1. The van der Waals surface area contributed by atoms with Crippen molar-refractivity contribution in [2.24, 2.45) is 5.92 Å². The van der Waals surface area contributed by atoms with Crippen molar-refractivity contribution in [3.63, 3.8) is 0 Å². The molecule has 0 spiro atoms. The molecule has 4 aromatic rings. The van der Waals surface area contributed by atoms with E-state index in [4.69, 9.17) is 16.3 Å². The Morgan fingerprint density at radius 2 is 1.77 bits per heavy atom. The molecule has 2 unspecified atom stereocenters. The predicted octanol–water partition coefficient (Wildman–Crippen LogP) is 7.01. The van der Waals surface area contributed by atoms with E-state index in [9.17, 15) is 4.79 Å². The van der Waals surface area contributed by atoms with Crippen LogP contribution in [0.3, 0.4) is 0 Å². The zero-order valence-electron chi connectivity index (χ0n) is 22.7. The molecule has 39 heavy (non-hydrogen) atoms. The van der Waals surface area contributed by atoms with Gasteiger partial charge >= 0.3 is 0 Å². The van der Waals surface area contributed by atoms with Gasteiger partial charge in [0.15, 0.2) is 0 Å². The molecule has 2 fully saturated rings. The molecule has 1 aromatic heterocycles. The lowest BCUT2D eigenvalue weighted by molar-refractivity contribution is 0.0662. The SMILES string of the molecule is CC(C)C(NC(=O)c1ccc2[nH]nc(-c3ccc(OC4C[C@H]5CC[C@@H](C4)N5C)cc3)c2c1)c1ccccc1Cl. The van der Waals surface area contributed by atoms with Gasteiger partial charge in [0.25, 0.3) is 5.91 Å². The largest absolute Gasteiger partial charge is 0.490 e. The molecule has 0 radical (unpaired) electrons. The van der Waals surface area contributed by atoms with Crippen LogP contribution in [0.15, 0.2) is 66.7 Å². The fourth-order valence-electron chi connectivity index (χ4n) is 6.27. The zero-order chi connectivity index (χ0) is 27.1. The third kappa shape index (κ3) is 5.15. The van der Waals surface area contributed by atoms with Crippen LogP contribution in [0.1, 0.15) is 61.5 Å². The number of rotatable bonds is 7. The van der Waals surface area contributed by atoms with Crippen molar-refractivity contribution in [3.8, 4) is 17.0 Å². The summed E-state index contributed by atoms with van der Waals surface area (Å²) in [6.07, 6.45) is 5.03. The molecule has 202 valence electrons. The first-order chi connectivity index (χ1) is 18.9. The number of hydrogen-bond donors (Lipinski definition) is 2. The minimum absolute atomic E-state index is 0.140. The highest BCUT2D eigenvalue weighted by atomic mass is 35.5. The lowest BCUT2D eigenvalue weighted by Gasteiger charge is -2.36. The van der Waals surface area contributed by atoms with Crippen molar-refractivity contribution in [2.45, 2.75) is 63.8 Å². The van der Waals surface area contributed by atoms with Gasteiger partial charge in [-0.25, -0.2) is 0 Å². The second-order valence-electron chi connectivity index (χ2n) is 11.3. The molecule has 2 aliphatic heterocycles. The number of carbonyl (C=O) groups is 1. The van der Waals surface area contributed by atoms with Crippen LogP contribution in [0, 0.1) is 5.92 Å². The highest BCUT2D eigenvalue weighted by Crippen LogP contribution is 2.36. The average molecular weight is 543 g/mol. The van der Waals surface area contributed by atoms with Gasteiger partial charge in [-0.3, -0.25) is 9.89 Å². The number of H-pyrrole nitrogens is 1. The van der Waals surface area contributed by atoms with E-state index < -0.39 is 0 Å². The van der Waals surface area contributed by atoms with Crippen LogP contribution in [-0.2, 0) is 0 Å². The summed E-state index contributed by atoms with van der Waals surface area (Å²) < 4.78 is 6.38. The van der Waals surface area contributed by atoms with Gasteiger partial charge in [0, 0.05) is 33.6 Å². The summed E-state index contributed by atoms with van der Waals surface area (Å²) in [7, 11) is 2.25. The maximum atomic E-state index is 13.4. The van der Waals surface area contributed by atoms with Gasteiger partial charge in [-0.2, -0.15) is 5.10 Å². The summed E-state index contributed by atoms with van der Waals surface area (Å²) in [5, 5.41) is 12.4. The number of fused-ring (bicyclic) bond motifs is 3. The van der Waals surface area contributed by atoms with E-state index in [2.05, 4.69) is 41.3 Å². The number of aromatic amines is 1. The van der Waals surface area contributed by atoms with Crippen LogP contribution >= 0.6 is 11.6 Å². The van der Waals surface area contributed by atoms with Crippen molar-refractivity contribution in [2.75, 3.05) is 7.05 Å². The molecule has 6 nitrogen and oxygen atoms in total. The van der Waals surface area contributed by atoms with Gasteiger partial charge in [-0.05, 0) is 92.7 Å². The van der Waals surface area contributed by atoms with Gasteiger partial charge < -0.3 is 15.0 Å². The first-order valence-corrected chi connectivity index (χ1v) is 14.3. The summed E-state index contributed by atoms with van der Waals surface area (Å²) in [6.45, 7) is 4.16. The van der Waals surface area contributed by atoms with Gasteiger partial charge in [0.05, 0.1) is 17.3 Å². The van der Waals surface area contributed by atoms with E-state index in [0.29, 0.717) is 22.7 Å². The Balaban J connectivity index is 1.20. The Morgan fingerprint density at radius 1 is 1.05 bits per heavy atom. The molecule has 2 saturated heterocycles. The topological polar surface area (TPSA) is 70.2 Å². The zero-order valence-corrected chi connectivity index (χ0v) is 23.4. The van der Waals surface area contributed by atoms with E-state index in [-0.39, 0.29) is 24.0 Å². The molecule has 7 heteroatoms. The van der Waals surface area contributed by atoms with Gasteiger partial charge in [0.2, 0.25) is 0 Å². The maximum absolute atomic E-state index is 13.4. The molecular weight excluding hydrogens is 508 g/mol. The fraction of sp³-hybridized carbons (Fsp3) is 0.375. The second-order valence-corrected chi connectivity index (χ2v) is 11.7. The first-order valence-electron chi connectivity index (χ1n) is 13.9. The maximum Gasteiger partial charge on any atom is 0.251 e. The number of nitrogens with zero attached hydrogens (tertiary/aromatic N) is 2. The molecule has 2 bridgehead atoms. The Morgan fingerprint density at radius 3 is 2.46 bits per heavy atom. The normalized spacial score (nSPS) is 21.8. The predicted molar refractivity (Wildman–Crippen MR) is 156 cm³/mol. The molecule has 2 aliphatic rings. The molecular formula is C32H35ClN4O2. The number of halogens is 1. The third-order valence-electron chi connectivity index (χ3n) is 8.50. The highest BCUT2D eigenvalue weighted by Gasteiger charge is 2.39. The Bertz CT molecular complexity index is 1470. The number of amides is 1. The third-order valence-corrected chi connectivity index (χ3v) is 8.85. The van der Waals surface area contributed by atoms with Crippen LogP contribution < -0.4 is 10.1 Å². The Kier molecular flexibility index (Phi) is 7.08. The van der Waals surface area contributed by atoms with Crippen molar-refractivity contribution < 1.29 is 9.53 Å². The fourth-order valence-corrected chi connectivity index (χ4v) is 6.53. The van der Waals surface area contributed by atoms with Gasteiger partial charge in [-0.15, -0.1) is 0 Å². The van der Waals surface area contributed by atoms with Crippen LogP contribution in [0.2, 0.25) is 5.02 Å². The van der Waals surface area contributed by atoms with Gasteiger partial charge in [-0.1, -0.05) is 43.6 Å². The first kappa shape index (κ1) is 25.9. The van der Waals surface area contributed by atoms with E-state index >= 15 is 0 Å². The highest BCUT2D eigenvalue weighted by molar-refractivity contribution is 6.31. The summed E-state index contributed by atoms with van der Waals surface area (Å²) in [5.41, 5.74) is 4.18. The number of carbonyl (C=O) groups excluding carboxylic acids is 1. The van der Waals surface area contributed by atoms with Crippen LogP contribution in [0.5, 0.6) is 5.75 Å². The minimum Gasteiger partial charge on any atom is -0.490 e. The summed E-state index contributed by atoms with van der Waals surface area (Å²) in [5.74, 6) is 0.929. The lowest BCUT2D eigenvalue weighted by atomic mass is 9.95. The quantitative estimate of drug-likeness (QED) is 0.263. The Labute approximate surface area is 234 Å². The van der Waals surface area contributed by atoms with Crippen molar-refractivity contribution in [3.05, 3.63) is 82.9 Å². The number of aromatic nitrogens is 2. The van der Waals surface area contributed by atoms with Crippen LogP contribution in [0.25, 0.3) is 22.2 Å². The second kappa shape index (κ2) is 10.7. The van der Waals surface area contributed by atoms with E-state index in [1.165, 1.54) is 12.8 Å². The standard InChI is InChI=1S/C32H35ClN4O2/c1-19(2)30(26-6-4-5-7-28(26)33)34-32(38)21-10-15-29-27(16-21)31(36-35-29)20-8-13-24(14-9-20)39-25-17-22-11-12-23(18-25)37(22)3/h4-10,13-16,19,22-23,25,30H,11-12,17-18H2,1-3H3,(H,34,38)(H,35,36)/t22-,23+,25?,30?. The Hall–Kier alpha value is -3.35. The number of benzene rings is 3. The monoisotopic (exact) mass is 542 g/mol.